The van der Waals surface area contributed by atoms with Crippen LogP contribution in [0.5, 0.6) is 0 Å². The quantitative estimate of drug-likeness (QED) is 0.838. The molecular weight excluding hydrogens is 330 g/mol. The average molecular weight is 350 g/mol. The molecule has 2 N–H and O–H groups in total. The number of benzene rings is 1. The van der Waals surface area contributed by atoms with Gasteiger partial charge < -0.3 is 10.4 Å². The Hall–Kier alpha value is -2.34. The minimum absolute atomic E-state index is 0.00367. The first-order chi connectivity index (χ1) is 11.2. The molecule has 0 radical (unpaired) electrons. The maximum absolute atomic E-state index is 12.5. The Labute approximate surface area is 145 Å². The van der Waals surface area contributed by atoms with Gasteiger partial charge in [-0.1, -0.05) is 11.6 Å². The molecule has 0 bridgehead atoms. The van der Waals surface area contributed by atoms with Gasteiger partial charge in [-0.05, 0) is 51.5 Å². The van der Waals surface area contributed by atoms with E-state index in [1.165, 1.54) is 0 Å². The summed E-state index contributed by atoms with van der Waals surface area (Å²) in [7, 11) is 0. The summed E-state index contributed by atoms with van der Waals surface area (Å²) in [5, 5.41) is 16.6. The Morgan fingerprint density at radius 1 is 1.29 bits per heavy atom. The van der Waals surface area contributed by atoms with Crippen molar-refractivity contribution in [2.45, 2.75) is 39.2 Å². The Bertz CT molecular complexity index is 751. The number of aryl methyl sites for hydroxylation is 1. The lowest BCUT2D eigenvalue weighted by molar-refractivity contribution is -0.137. The van der Waals surface area contributed by atoms with Crippen LogP contribution in [0.2, 0.25) is 5.02 Å². The molecular formula is C17H20ClN3O3. The molecule has 0 saturated heterocycles. The predicted molar refractivity (Wildman–Crippen MR) is 91.7 cm³/mol. The molecule has 0 aliphatic heterocycles. The third kappa shape index (κ3) is 4.58. The zero-order valence-corrected chi connectivity index (χ0v) is 14.6. The highest BCUT2D eigenvalue weighted by Crippen LogP contribution is 2.17. The molecule has 24 heavy (non-hydrogen) atoms. The minimum Gasteiger partial charge on any atom is -0.481 e. The molecule has 1 aromatic carbocycles. The summed E-state index contributed by atoms with van der Waals surface area (Å²) in [6.07, 6.45) is 2.00. The van der Waals surface area contributed by atoms with Crippen molar-refractivity contribution in [3.8, 4) is 5.69 Å². The summed E-state index contributed by atoms with van der Waals surface area (Å²) < 4.78 is 1.62. The van der Waals surface area contributed by atoms with E-state index in [9.17, 15) is 9.59 Å². The van der Waals surface area contributed by atoms with Gasteiger partial charge in [0.2, 0.25) is 0 Å². The number of amides is 1. The van der Waals surface area contributed by atoms with Gasteiger partial charge in [0.25, 0.3) is 5.91 Å². The summed E-state index contributed by atoms with van der Waals surface area (Å²) in [5.41, 5.74) is 1.22. The van der Waals surface area contributed by atoms with Gasteiger partial charge in [-0.2, -0.15) is 5.10 Å². The number of rotatable bonds is 6. The van der Waals surface area contributed by atoms with E-state index in [4.69, 9.17) is 16.7 Å². The van der Waals surface area contributed by atoms with Crippen LogP contribution in [-0.4, -0.2) is 32.3 Å². The summed E-state index contributed by atoms with van der Waals surface area (Å²) in [5.74, 6) is -1.16. The molecule has 7 heteroatoms. The van der Waals surface area contributed by atoms with Crippen LogP contribution in [0.4, 0.5) is 0 Å². The first-order valence-electron chi connectivity index (χ1n) is 7.54. The molecule has 0 spiro atoms. The Morgan fingerprint density at radius 2 is 1.92 bits per heavy atom. The van der Waals surface area contributed by atoms with Crippen molar-refractivity contribution in [3.63, 3.8) is 0 Å². The normalized spacial score (nSPS) is 11.3. The lowest BCUT2D eigenvalue weighted by atomic mass is 9.98. The molecule has 1 aromatic heterocycles. The molecule has 0 atom stereocenters. The summed E-state index contributed by atoms with van der Waals surface area (Å²) in [6.45, 7) is 5.35. The fourth-order valence-electron chi connectivity index (χ4n) is 2.27. The second kappa shape index (κ2) is 7.05. The van der Waals surface area contributed by atoms with Gasteiger partial charge in [0.15, 0.2) is 0 Å². The molecule has 0 aliphatic carbocycles. The minimum atomic E-state index is -0.885. The van der Waals surface area contributed by atoms with E-state index in [-0.39, 0.29) is 12.3 Å². The van der Waals surface area contributed by atoms with E-state index in [0.717, 1.165) is 5.69 Å². The predicted octanol–water partition coefficient (Wildman–Crippen LogP) is 3.21. The van der Waals surface area contributed by atoms with Crippen molar-refractivity contribution in [1.29, 1.82) is 0 Å². The number of aliphatic carboxylic acids is 1. The fourth-order valence-corrected chi connectivity index (χ4v) is 2.39. The molecule has 6 nitrogen and oxygen atoms in total. The Kier molecular flexibility index (Phi) is 5.29. The molecule has 2 rings (SSSR count). The standard InChI is InChI=1S/C17H20ClN3O3/c1-11-14(16(24)19-17(2,3)9-8-15(22)23)10-21(20-11)13-6-4-12(18)5-7-13/h4-7,10H,8-9H2,1-3H3,(H,19,24)(H,22,23). The lowest BCUT2D eigenvalue weighted by Gasteiger charge is -2.25. The van der Waals surface area contributed by atoms with Crippen LogP contribution in [0, 0.1) is 6.92 Å². The summed E-state index contributed by atoms with van der Waals surface area (Å²) >= 11 is 5.88. The van der Waals surface area contributed by atoms with Gasteiger partial charge in [-0.25, -0.2) is 4.68 Å². The Balaban J connectivity index is 2.15. The molecule has 2 aromatic rings. The van der Waals surface area contributed by atoms with Crippen molar-refractivity contribution in [1.82, 2.24) is 15.1 Å². The molecule has 1 heterocycles. The van der Waals surface area contributed by atoms with Crippen LogP contribution >= 0.6 is 11.6 Å². The van der Waals surface area contributed by atoms with E-state index in [0.29, 0.717) is 22.7 Å². The van der Waals surface area contributed by atoms with Gasteiger partial charge in [-0.3, -0.25) is 9.59 Å². The first-order valence-corrected chi connectivity index (χ1v) is 7.92. The van der Waals surface area contributed by atoms with Crippen molar-refractivity contribution in [2.24, 2.45) is 0 Å². The van der Waals surface area contributed by atoms with Crippen molar-refractivity contribution < 1.29 is 14.7 Å². The van der Waals surface area contributed by atoms with Crippen LogP contribution in [0.3, 0.4) is 0 Å². The number of hydrogen-bond acceptors (Lipinski definition) is 3. The number of halogens is 1. The van der Waals surface area contributed by atoms with Crippen LogP contribution in [0.15, 0.2) is 30.5 Å². The zero-order valence-electron chi connectivity index (χ0n) is 13.8. The number of carboxylic acids is 1. The monoisotopic (exact) mass is 349 g/mol. The maximum Gasteiger partial charge on any atom is 0.303 e. The van der Waals surface area contributed by atoms with Crippen molar-refractivity contribution in [3.05, 3.63) is 46.7 Å². The van der Waals surface area contributed by atoms with E-state index < -0.39 is 11.5 Å². The first kappa shape index (κ1) is 18.0. The summed E-state index contributed by atoms with van der Waals surface area (Å²) in [6, 6.07) is 7.13. The van der Waals surface area contributed by atoms with Crippen molar-refractivity contribution in [2.75, 3.05) is 0 Å². The van der Waals surface area contributed by atoms with Crippen LogP contribution < -0.4 is 5.32 Å². The SMILES string of the molecule is Cc1nn(-c2ccc(Cl)cc2)cc1C(=O)NC(C)(C)CCC(=O)O. The second-order valence-electron chi connectivity index (χ2n) is 6.28. The number of nitrogens with one attached hydrogen (secondary N) is 1. The molecule has 0 fully saturated rings. The van der Waals surface area contributed by atoms with Crippen LogP contribution in [-0.2, 0) is 4.79 Å². The Morgan fingerprint density at radius 3 is 2.50 bits per heavy atom. The van der Waals surface area contributed by atoms with Gasteiger partial charge in [-0.15, -0.1) is 0 Å². The third-order valence-corrected chi connectivity index (χ3v) is 3.90. The van der Waals surface area contributed by atoms with Gasteiger partial charge in [0.05, 0.1) is 16.9 Å². The maximum atomic E-state index is 12.5. The van der Waals surface area contributed by atoms with Crippen molar-refractivity contribution >= 4 is 23.5 Å². The van der Waals surface area contributed by atoms with E-state index in [2.05, 4.69) is 10.4 Å². The molecule has 0 unspecified atom stereocenters. The summed E-state index contributed by atoms with van der Waals surface area (Å²) in [4.78, 5) is 23.2. The van der Waals surface area contributed by atoms with Gasteiger partial charge in [0.1, 0.15) is 0 Å². The van der Waals surface area contributed by atoms with E-state index >= 15 is 0 Å². The highest BCUT2D eigenvalue weighted by Gasteiger charge is 2.24. The number of aromatic nitrogens is 2. The third-order valence-electron chi connectivity index (χ3n) is 3.65. The largest absolute Gasteiger partial charge is 0.481 e. The topological polar surface area (TPSA) is 84.2 Å². The lowest BCUT2D eigenvalue weighted by Crippen LogP contribution is -2.43. The molecule has 128 valence electrons. The molecule has 0 aliphatic rings. The second-order valence-corrected chi connectivity index (χ2v) is 6.72. The van der Waals surface area contributed by atoms with E-state index in [1.54, 1.807) is 43.8 Å². The molecule has 1 amide bonds. The van der Waals surface area contributed by atoms with Gasteiger partial charge in [0, 0.05) is 23.2 Å². The number of carbonyl (C=O) groups is 2. The fraction of sp³-hybridized carbons (Fsp3) is 0.353. The zero-order chi connectivity index (χ0) is 17.9. The molecule has 0 saturated carbocycles. The van der Waals surface area contributed by atoms with Crippen LogP contribution in [0.25, 0.3) is 5.69 Å². The number of hydrogen-bond donors (Lipinski definition) is 2. The highest BCUT2D eigenvalue weighted by molar-refractivity contribution is 6.30. The smallest absolute Gasteiger partial charge is 0.303 e. The number of nitrogens with zero attached hydrogens (tertiary/aromatic N) is 2. The number of carbonyl (C=O) groups excluding carboxylic acids is 1. The highest BCUT2D eigenvalue weighted by atomic mass is 35.5. The van der Waals surface area contributed by atoms with E-state index in [1.807, 2.05) is 12.1 Å². The van der Waals surface area contributed by atoms with Gasteiger partial charge >= 0.3 is 5.97 Å². The number of carboxylic acid groups (broad SMARTS) is 1. The van der Waals surface area contributed by atoms with Crippen LogP contribution in [0.1, 0.15) is 42.7 Å². The average Bonchev–Trinajstić information content (AvgIpc) is 2.88.